The smallest absolute Gasteiger partial charge is 0.239 e. The molecule has 0 aliphatic heterocycles. The molecule has 1 aromatic rings. The van der Waals surface area contributed by atoms with Crippen molar-refractivity contribution < 1.29 is 9.59 Å². The Morgan fingerprint density at radius 2 is 2.20 bits per heavy atom. The minimum Gasteiger partial charge on any atom is -0.358 e. The SMILES string of the molecule is CNC(=O)CN(C)C(=O)CSc1nnc(NC2CC2)s1. The van der Waals surface area contributed by atoms with E-state index in [4.69, 9.17) is 0 Å². The summed E-state index contributed by atoms with van der Waals surface area (Å²) in [7, 11) is 3.16. The number of carbonyl (C=O) groups excluding carboxylic acids is 2. The van der Waals surface area contributed by atoms with Crippen molar-refractivity contribution in [3.05, 3.63) is 0 Å². The fourth-order valence-electron chi connectivity index (χ4n) is 1.35. The molecule has 0 radical (unpaired) electrons. The van der Waals surface area contributed by atoms with Crippen LogP contribution in [0.5, 0.6) is 0 Å². The van der Waals surface area contributed by atoms with Crippen LogP contribution in [0, 0.1) is 0 Å². The first-order valence-electron chi connectivity index (χ1n) is 6.26. The van der Waals surface area contributed by atoms with Gasteiger partial charge in [0.05, 0.1) is 12.3 Å². The standard InChI is InChI=1S/C11H17N5O2S2/c1-12-8(17)5-16(2)9(18)6-19-11-15-14-10(20-11)13-7-3-4-7/h7H,3-6H2,1-2H3,(H,12,17)(H,13,14). The molecule has 2 amide bonds. The number of nitrogens with one attached hydrogen (secondary N) is 2. The van der Waals surface area contributed by atoms with E-state index in [0.717, 1.165) is 9.47 Å². The van der Waals surface area contributed by atoms with Crippen molar-refractivity contribution in [3.8, 4) is 0 Å². The maximum absolute atomic E-state index is 11.8. The van der Waals surface area contributed by atoms with Crippen molar-refractivity contribution in [2.75, 3.05) is 31.7 Å². The molecule has 0 saturated heterocycles. The van der Waals surface area contributed by atoms with E-state index in [-0.39, 0.29) is 24.1 Å². The van der Waals surface area contributed by atoms with E-state index < -0.39 is 0 Å². The van der Waals surface area contributed by atoms with Gasteiger partial charge in [-0.05, 0) is 12.8 Å². The van der Waals surface area contributed by atoms with Crippen LogP contribution in [0.3, 0.4) is 0 Å². The van der Waals surface area contributed by atoms with Gasteiger partial charge in [0.25, 0.3) is 0 Å². The third kappa shape index (κ3) is 4.64. The van der Waals surface area contributed by atoms with Gasteiger partial charge in [0.1, 0.15) is 0 Å². The second-order valence-electron chi connectivity index (χ2n) is 4.50. The number of amides is 2. The lowest BCUT2D eigenvalue weighted by molar-refractivity contribution is -0.132. The van der Waals surface area contributed by atoms with E-state index in [1.54, 1.807) is 14.1 Å². The van der Waals surface area contributed by atoms with E-state index in [0.29, 0.717) is 6.04 Å². The molecule has 1 heterocycles. The first-order valence-corrected chi connectivity index (χ1v) is 8.06. The molecular weight excluding hydrogens is 298 g/mol. The summed E-state index contributed by atoms with van der Waals surface area (Å²) < 4.78 is 0.759. The first kappa shape index (κ1) is 15.0. The molecule has 1 fully saturated rings. The zero-order valence-electron chi connectivity index (χ0n) is 11.4. The molecule has 7 nitrogen and oxygen atoms in total. The summed E-state index contributed by atoms with van der Waals surface area (Å²) in [6.45, 7) is 0.0699. The molecule has 110 valence electrons. The zero-order valence-corrected chi connectivity index (χ0v) is 13.0. The summed E-state index contributed by atoms with van der Waals surface area (Å²) in [5.41, 5.74) is 0. The Labute approximate surface area is 125 Å². The normalized spacial score (nSPS) is 13.9. The van der Waals surface area contributed by atoms with Gasteiger partial charge in [-0.2, -0.15) is 0 Å². The summed E-state index contributed by atoms with van der Waals surface area (Å²) >= 11 is 2.79. The number of thioether (sulfide) groups is 1. The van der Waals surface area contributed by atoms with Gasteiger partial charge < -0.3 is 15.5 Å². The summed E-state index contributed by atoms with van der Waals surface area (Å²) in [6, 6.07) is 0.543. The van der Waals surface area contributed by atoms with Crippen LogP contribution in [-0.2, 0) is 9.59 Å². The quantitative estimate of drug-likeness (QED) is 0.709. The van der Waals surface area contributed by atoms with E-state index in [1.807, 2.05) is 0 Å². The van der Waals surface area contributed by atoms with Crippen molar-refractivity contribution >= 4 is 40.0 Å². The maximum atomic E-state index is 11.8. The highest BCUT2D eigenvalue weighted by atomic mass is 32.2. The van der Waals surface area contributed by atoms with Crippen molar-refractivity contribution in [1.82, 2.24) is 20.4 Å². The van der Waals surface area contributed by atoms with Gasteiger partial charge in [0.15, 0.2) is 4.34 Å². The Hall–Kier alpha value is -1.35. The van der Waals surface area contributed by atoms with Gasteiger partial charge in [-0.15, -0.1) is 10.2 Å². The highest BCUT2D eigenvalue weighted by molar-refractivity contribution is 8.01. The molecule has 0 atom stereocenters. The second kappa shape index (κ2) is 6.89. The Balaban J connectivity index is 1.74. The minimum absolute atomic E-state index is 0.0699. The first-order chi connectivity index (χ1) is 9.58. The van der Waals surface area contributed by atoms with Crippen LogP contribution in [0.2, 0.25) is 0 Å². The Bertz CT molecular complexity index is 489. The van der Waals surface area contributed by atoms with Crippen LogP contribution in [0.4, 0.5) is 5.13 Å². The van der Waals surface area contributed by atoms with E-state index >= 15 is 0 Å². The molecule has 1 aliphatic carbocycles. The van der Waals surface area contributed by atoms with Crippen molar-refractivity contribution in [2.24, 2.45) is 0 Å². The van der Waals surface area contributed by atoms with E-state index in [9.17, 15) is 9.59 Å². The van der Waals surface area contributed by atoms with Crippen molar-refractivity contribution in [2.45, 2.75) is 23.2 Å². The van der Waals surface area contributed by atoms with E-state index in [2.05, 4.69) is 20.8 Å². The second-order valence-corrected chi connectivity index (χ2v) is 6.70. The minimum atomic E-state index is -0.183. The average molecular weight is 315 g/mol. The largest absolute Gasteiger partial charge is 0.358 e. The number of likely N-dealkylation sites (N-methyl/N-ethyl adjacent to an activating group) is 2. The van der Waals surface area contributed by atoms with Gasteiger partial charge >= 0.3 is 0 Å². The molecule has 20 heavy (non-hydrogen) atoms. The lowest BCUT2D eigenvalue weighted by atomic mass is 10.5. The lowest BCUT2D eigenvalue weighted by Gasteiger charge is -2.15. The summed E-state index contributed by atoms with van der Waals surface area (Å²) in [6.07, 6.45) is 2.37. The lowest BCUT2D eigenvalue weighted by Crippen LogP contribution is -2.37. The van der Waals surface area contributed by atoms with Crippen LogP contribution in [0.15, 0.2) is 4.34 Å². The highest BCUT2D eigenvalue weighted by Crippen LogP contribution is 2.30. The fourth-order valence-corrected chi connectivity index (χ4v) is 3.11. The van der Waals surface area contributed by atoms with Crippen LogP contribution in [0.1, 0.15) is 12.8 Å². The van der Waals surface area contributed by atoms with E-state index in [1.165, 1.54) is 40.8 Å². The Morgan fingerprint density at radius 1 is 1.45 bits per heavy atom. The molecule has 1 aromatic heterocycles. The number of anilines is 1. The van der Waals surface area contributed by atoms with Gasteiger partial charge in [0.2, 0.25) is 16.9 Å². The van der Waals surface area contributed by atoms with Gasteiger partial charge in [-0.25, -0.2) is 0 Å². The summed E-state index contributed by atoms with van der Waals surface area (Å²) in [5, 5.41) is 14.6. The third-order valence-electron chi connectivity index (χ3n) is 2.72. The number of nitrogens with zero attached hydrogens (tertiary/aromatic N) is 3. The van der Waals surface area contributed by atoms with Crippen LogP contribution in [-0.4, -0.2) is 59.3 Å². The third-order valence-corrected chi connectivity index (χ3v) is 4.69. The molecule has 9 heteroatoms. The monoisotopic (exact) mass is 315 g/mol. The predicted molar refractivity (Wildman–Crippen MR) is 79.0 cm³/mol. The summed E-state index contributed by atoms with van der Waals surface area (Å²) in [5.74, 6) is -0.0332. The molecule has 0 spiro atoms. The Morgan fingerprint density at radius 3 is 2.85 bits per heavy atom. The van der Waals surface area contributed by atoms with Crippen molar-refractivity contribution in [1.29, 1.82) is 0 Å². The molecule has 0 aromatic carbocycles. The number of carbonyl (C=O) groups is 2. The number of hydrogen-bond acceptors (Lipinski definition) is 7. The molecule has 2 N–H and O–H groups in total. The maximum Gasteiger partial charge on any atom is 0.239 e. The fraction of sp³-hybridized carbons (Fsp3) is 0.636. The van der Waals surface area contributed by atoms with Crippen molar-refractivity contribution in [3.63, 3.8) is 0 Å². The molecule has 1 saturated carbocycles. The zero-order chi connectivity index (χ0) is 14.5. The Kier molecular flexibility index (Phi) is 5.18. The molecule has 0 bridgehead atoms. The number of aromatic nitrogens is 2. The molecular formula is C11H17N5O2S2. The van der Waals surface area contributed by atoms with Gasteiger partial charge in [0, 0.05) is 20.1 Å². The van der Waals surface area contributed by atoms with Gasteiger partial charge in [-0.1, -0.05) is 23.1 Å². The molecule has 1 aliphatic rings. The van der Waals surface area contributed by atoms with Crippen LogP contribution >= 0.6 is 23.1 Å². The van der Waals surface area contributed by atoms with Crippen LogP contribution < -0.4 is 10.6 Å². The summed E-state index contributed by atoms with van der Waals surface area (Å²) in [4.78, 5) is 24.4. The predicted octanol–water partition coefficient (Wildman–Crippen LogP) is 0.409. The van der Waals surface area contributed by atoms with Crippen LogP contribution in [0.25, 0.3) is 0 Å². The topological polar surface area (TPSA) is 87.2 Å². The molecule has 0 unspecified atom stereocenters. The average Bonchev–Trinajstić information content (AvgIpc) is 3.13. The number of rotatable bonds is 7. The van der Waals surface area contributed by atoms with Gasteiger partial charge in [-0.3, -0.25) is 9.59 Å². The highest BCUT2D eigenvalue weighted by Gasteiger charge is 2.22. The number of hydrogen-bond donors (Lipinski definition) is 2. The molecule has 2 rings (SSSR count).